The van der Waals surface area contributed by atoms with Crippen molar-refractivity contribution >= 4 is 10.0 Å². The van der Waals surface area contributed by atoms with Crippen molar-refractivity contribution in [2.75, 3.05) is 38.5 Å². The maximum Gasteiger partial charge on any atom is 0.214 e. The highest BCUT2D eigenvalue weighted by atomic mass is 32.2. The molecule has 1 fully saturated rings. The summed E-state index contributed by atoms with van der Waals surface area (Å²) in [5.41, 5.74) is 0. The van der Waals surface area contributed by atoms with Gasteiger partial charge in [-0.3, -0.25) is 4.90 Å². The van der Waals surface area contributed by atoms with Gasteiger partial charge in [0.15, 0.2) is 0 Å². The Morgan fingerprint density at radius 3 is 2.33 bits per heavy atom. The predicted octanol–water partition coefficient (Wildman–Crippen LogP) is -0.133. The maximum absolute atomic E-state index is 11.7. The van der Waals surface area contributed by atoms with Crippen LogP contribution in [0.15, 0.2) is 0 Å². The Labute approximate surface area is 91.3 Å². The van der Waals surface area contributed by atoms with Crippen molar-refractivity contribution in [3.05, 3.63) is 0 Å². The van der Waals surface area contributed by atoms with Crippen LogP contribution in [0.5, 0.6) is 0 Å². The van der Waals surface area contributed by atoms with E-state index in [1.54, 1.807) is 0 Å². The summed E-state index contributed by atoms with van der Waals surface area (Å²) in [4.78, 5) is 1.97. The third-order valence-corrected chi connectivity index (χ3v) is 4.56. The summed E-state index contributed by atoms with van der Waals surface area (Å²) < 4.78 is 24.9. The number of piperazine rings is 1. The zero-order valence-corrected chi connectivity index (χ0v) is 9.83. The lowest BCUT2D eigenvalue weighted by Gasteiger charge is -2.32. The Morgan fingerprint density at radius 1 is 1.27 bits per heavy atom. The molecule has 0 N–H and O–H groups in total. The second kappa shape index (κ2) is 5.45. The first-order chi connectivity index (χ1) is 7.10. The lowest BCUT2D eigenvalue weighted by Crippen LogP contribution is -2.49. The number of nitriles is 1. The van der Waals surface area contributed by atoms with Crippen molar-refractivity contribution in [3.63, 3.8) is 0 Å². The molecule has 6 heteroatoms. The molecule has 0 radical (unpaired) electrons. The monoisotopic (exact) mass is 231 g/mol. The molecule has 1 aliphatic rings. The fourth-order valence-corrected chi connectivity index (χ4v) is 3.15. The van der Waals surface area contributed by atoms with Gasteiger partial charge >= 0.3 is 0 Å². The van der Waals surface area contributed by atoms with E-state index in [-0.39, 0.29) is 5.75 Å². The van der Waals surface area contributed by atoms with Crippen LogP contribution in [-0.2, 0) is 10.0 Å². The molecule has 0 unspecified atom stereocenters. The van der Waals surface area contributed by atoms with Crippen LogP contribution in [0.1, 0.15) is 13.3 Å². The van der Waals surface area contributed by atoms with E-state index < -0.39 is 10.0 Å². The first-order valence-electron chi connectivity index (χ1n) is 5.17. The summed E-state index contributed by atoms with van der Waals surface area (Å²) in [6.07, 6.45) is 0.654. The Kier molecular flexibility index (Phi) is 4.51. The van der Waals surface area contributed by atoms with Crippen molar-refractivity contribution in [2.24, 2.45) is 0 Å². The lowest BCUT2D eigenvalue weighted by molar-refractivity contribution is 0.206. The second-order valence-electron chi connectivity index (χ2n) is 3.65. The van der Waals surface area contributed by atoms with E-state index in [1.165, 1.54) is 4.31 Å². The van der Waals surface area contributed by atoms with Crippen LogP contribution in [0.25, 0.3) is 0 Å². The van der Waals surface area contributed by atoms with E-state index in [0.29, 0.717) is 39.1 Å². The first kappa shape index (κ1) is 12.4. The highest BCUT2D eigenvalue weighted by molar-refractivity contribution is 7.89. The minimum atomic E-state index is -3.05. The van der Waals surface area contributed by atoms with Crippen molar-refractivity contribution in [2.45, 2.75) is 13.3 Å². The van der Waals surface area contributed by atoms with Gasteiger partial charge < -0.3 is 0 Å². The maximum atomic E-state index is 11.7. The molecule has 0 aromatic carbocycles. The molecule has 5 nitrogen and oxygen atoms in total. The summed E-state index contributed by atoms with van der Waals surface area (Å²) in [5.74, 6) is 0.227. The van der Waals surface area contributed by atoms with Crippen molar-refractivity contribution in [1.29, 1.82) is 5.26 Å². The average Bonchev–Trinajstić information content (AvgIpc) is 2.19. The molecule has 1 saturated heterocycles. The predicted molar refractivity (Wildman–Crippen MR) is 57.7 cm³/mol. The van der Waals surface area contributed by atoms with Crippen LogP contribution in [0.4, 0.5) is 0 Å². The van der Waals surface area contributed by atoms with Crippen LogP contribution in [0.3, 0.4) is 0 Å². The van der Waals surface area contributed by atoms with E-state index in [1.807, 2.05) is 11.8 Å². The normalized spacial score (nSPS) is 20.0. The van der Waals surface area contributed by atoms with Gasteiger partial charge in [0.25, 0.3) is 0 Å². The Morgan fingerprint density at radius 2 is 1.87 bits per heavy atom. The third kappa shape index (κ3) is 3.45. The van der Waals surface area contributed by atoms with E-state index in [0.717, 1.165) is 0 Å². The summed E-state index contributed by atoms with van der Waals surface area (Å²) >= 11 is 0. The van der Waals surface area contributed by atoms with Gasteiger partial charge in [-0.05, 0) is 6.42 Å². The third-order valence-electron chi connectivity index (χ3n) is 2.48. The molecule has 1 aliphatic heterocycles. The number of hydrogen-bond acceptors (Lipinski definition) is 4. The van der Waals surface area contributed by atoms with E-state index in [9.17, 15) is 8.42 Å². The molecule has 0 atom stereocenters. The molecule has 0 aromatic heterocycles. The molecule has 1 rings (SSSR count). The Hall–Kier alpha value is -0.640. The summed E-state index contributed by atoms with van der Waals surface area (Å²) in [5, 5.41) is 8.50. The van der Waals surface area contributed by atoms with Crippen LogP contribution >= 0.6 is 0 Å². The molecule has 0 bridgehead atoms. The van der Waals surface area contributed by atoms with E-state index >= 15 is 0 Å². The number of hydrogen-bond donors (Lipinski definition) is 0. The zero-order valence-electron chi connectivity index (χ0n) is 9.02. The summed E-state index contributed by atoms with van der Waals surface area (Å²) in [6.45, 7) is 4.62. The highest BCUT2D eigenvalue weighted by Crippen LogP contribution is 2.08. The number of rotatable bonds is 4. The largest absolute Gasteiger partial charge is 0.288 e. The summed E-state index contributed by atoms with van der Waals surface area (Å²) in [7, 11) is -3.05. The Bertz CT molecular complexity index is 326. The van der Waals surface area contributed by atoms with Gasteiger partial charge in [-0.1, -0.05) is 6.92 Å². The molecule has 0 saturated carbocycles. The van der Waals surface area contributed by atoms with Crippen LogP contribution in [0, 0.1) is 11.3 Å². The molecule has 0 spiro atoms. The number of sulfonamides is 1. The minimum Gasteiger partial charge on any atom is -0.288 e. The van der Waals surface area contributed by atoms with Gasteiger partial charge in [-0.15, -0.1) is 0 Å². The molecule has 15 heavy (non-hydrogen) atoms. The van der Waals surface area contributed by atoms with Crippen molar-refractivity contribution in [3.8, 4) is 6.07 Å². The quantitative estimate of drug-likeness (QED) is 0.632. The first-order valence-corrected chi connectivity index (χ1v) is 6.78. The lowest BCUT2D eigenvalue weighted by atomic mass is 10.4. The molecule has 0 aromatic rings. The molecular formula is C9H17N3O2S. The topological polar surface area (TPSA) is 64.4 Å². The smallest absolute Gasteiger partial charge is 0.214 e. The fraction of sp³-hybridized carbons (Fsp3) is 0.889. The van der Waals surface area contributed by atoms with Crippen LogP contribution in [0.2, 0.25) is 0 Å². The molecule has 1 heterocycles. The van der Waals surface area contributed by atoms with Crippen molar-refractivity contribution < 1.29 is 8.42 Å². The average molecular weight is 231 g/mol. The Balaban J connectivity index is 2.47. The fourth-order valence-electron chi connectivity index (χ4n) is 1.65. The van der Waals surface area contributed by atoms with Crippen molar-refractivity contribution in [1.82, 2.24) is 9.21 Å². The minimum absolute atomic E-state index is 0.227. The van der Waals surface area contributed by atoms with Gasteiger partial charge in [0.1, 0.15) is 0 Å². The van der Waals surface area contributed by atoms with Crippen LogP contribution in [-0.4, -0.2) is 56.1 Å². The van der Waals surface area contributed by atoms with Gasteiger partial charge in [0, 0.05) is 26.2 Å². The van der Waals surface area contributed by atoms with E-state index in [4.69, 9.17) is 5.26 Å². The summed E-state index contributed by atoms with van der Waals surface area (Å²) in [6, 6.07) is 2.07. The standard InChI is InChI=1S/C9H17N3O2S/c1-2-9-15(13,14)12-7-5-11(4-3-10)6-8-12/h2,4-9H2,1H3. The zero-order chi connectivity index (χ0) is 11.3. The van der Waals surface area contributed by atoms with E-state index in [2.05, 4.69) is 6.07 Å². The molecule has 0 amide bonds. The number of nitrogens with zero attached hydrogens (tertiary/aromatic N) is 3. The highest BCUT2D eigenvalue weighted by Gasteiger charge is 2.25. The second-order valence-corrected chi connectivity index (χ2v) is 5.74. The SMILES string of the molecule is CCCS(=O)(=O)N1CCN(CC#N)CC1. The van der Waals surface area contributed by atoms with Gasteiger partial charge in [0.2, 0.25) is 10.0 Å². The molecule has 0 aliphatic carbocycles. The van der Waals surface area contributed by atoms with Gasteiger partial charge in [-0.25, -0.2) is 8.42 Å². The van der Waals surface area contributed by atoms with Crippen LogP contribution < -0.4 is 0 Å². The molecular weight excluding hydrogens is 214 g/mol. The van der Waals surface area contributed by atoms with Gasteiger partial charge in [0.05, 0.1) is 18.4 Å². The van der Waals surface area contributed by atoms with Gasteiger partial charge in [-0.2, -0.15) is 9.57 Å². The molecule has 86 valence electrons.